The summed E-state index contributed by atoms with van der Waals surface area (Å²) in [6.45, 7) is 0.555. The Balaban J connectivity index is 1.36. The van der Waals surface area contributed by atoms with Crippen molar-refractivity contribution in [3.05, 3.63) is 57.6 Å². The molecule has 7 heteroatoms. The molecule has 1 saturated carbocycles. The van der Waals surface area contributed by atoms with Crippen LogP contribution in [0.4, 0.5) is 17.1 Å². The first-order valence-corrected chi connectivity index (χ1v) is 8.68. The average Bonchev–Trinajstić information content (AvgIpc) is 3.17. The Kier molecular flexibility index (Phi) is 3.19. The van der Waals surface area contributed by atoms with Crippen molar-refractivity contribution in [2.24, 2.45) is 11.8 Å². The average molecular weight is 351 g/mol. The van der Waals surface area contributed by atoms with Gasteiger partial charge in [0, 0.05) is 6.54 Å². The number of hydrogen-bond donors (Lipinski definition) is 2. The van der Waals surface area contributed by atoms with Gasteiger partial charge in [-0.2, -0.15) is 0 Å². The number of carbonyl (C=O) groups excluding carboxylic acids is 1. The third-order valence-electron chi connectivity index (χ3n) is 5.66. The van der Waals surface area contributed by atoms with Crippen LogP contribution >= 0.6 is 0 Å². The largest absolute Gasteiger partial charge is 0.481 e. The molecular formula is C19H17N3O4. The number of nitro benzene ring substituents is 1. The quantitative estimate of drug-likeness (QED) is 0.652. The molecule has 26 heavy (non-hydrogen) atoms. The third-order valence-corrected chi connectivity index (χ3v) is 5.66. The minimum absolute atomic E-state index is 0.0360. The highest BCUT2D eigenvalue weighted by atomic mass is 16.6. The molecule has 2 aromatic rings. The summed E-state index contributed by atoms with van der Waals surface area (Å²) in [5.74, 6) is 1.74. The van der Waals surface area contributed by atoms with E-state index in [1.807, 2.05) is 0 Å². The van der Waals surface area contributed by atoms with Gasteiger partial charge in [0.1, 0.15) is 5.69 Å². The summed E-state index contributed by atoms with van der Waals surface area (Å²) < 4.78 is 5.27. The Morgan fingerprint density at radius 3 is 3.00 bits per heavy atom. The van der Waals surface area contributed by atoms with Crippen LogP contribution in [-0.2, 0) is 11.2 Å². The van der Waals surface area contributed by atoms with Gasteiger partial charge in [0.25, 0.3) is 11.6 Å². The molecule has 0 saturated heterocycles. The van der Waals surface area contributed by atoms with Gasteiger partial charge in [-0.25, -0.2) is 0 Å². The molecule has 3 aliphatic rings. The molecule has 1 heterocycles. The summed E-state index contributed by atoms with van der Waals surface area (Å²) in [4.78, 5) is 22.5. The second-order valence-electron chi connectivity index (χ2n) is 7.10. The number of nitrogens with zero attached hydrogens (tertiary/aromatic N) is 1. The van der Waals surface area contributed by atoms with E-state index in [1.54, 1.807) is 6.07 Å². The molecule has 3 atom stereocenters. The van der Waals surface area contributed by atoms with E-state index in [-0.39, 0.29) is 18.2 Å². The van der Waals surface area contributed by atoms with Crippen LogP contribution in [0.25, 0.3) is 0 Å². The van der Waals surface area contributed by atoms with Crippen LogP contribution in [0.5, 0.6) is 5.75 Å². The topological polar surface area (TPSA) is 93.5 Å². The maximum atomic E-state index is 11.5. The van der Waals surface area contributed by atoms with Gasteiger partial charge in [0.2, 0.25) is 0 Å². The second-order valence-corrected chi connectivity index (χ2v) is 7.10. The summed E-state index contributed by atoms with van der Waals surface area (Å²) in [7, 11) is 0. The first kappa shape index (κ1) is 15.2. The van der Waals surface area contributed by atoms with E-state index in [9.17, 15) is 14.9 Å². The minimum atomic E-state index is -0.425. The van der Waals surface area contributed by atoms with Gasteiger partial charge in [-0.05, 0) is 41.4 Å². The molecule has 132 valence electrons. The van der Waals surface area contributed by atoms with Crippen LogP contribution in [0.3, 0.4) is 0 Å². The Bertz CT molecular complexity index is 942. The van der Waals surface area contributed by atoms with E-state index in [0.29, 0.717) is 41.4 Å². The zero-order valence-electron chi connectivity index (χ0n) is 13.9. The van der Waals surface area contributed by atoms with Crippen molar-refractivity contribution in [1.29, 1.82) is 0 Å². The normalized spacial score (nSPS) is 24.6. The van der Waals surface area contributed by atoms with Crippen LogP contribution in [-0.4, -0.2) is 24.0 Å². The molecular weight excluding hydrogens is 334 g/mol. The van der Waals surface area contributed by atoms with Gasteiger partial charge < -0.3 is 15.4 Å². The van der Waals surface area contributed by atoms with Gasteiger partial charge in [-0.1, -0.05) is 24.3 Å². The van der Waals surface area contributed by atoms with Crippen molar-refractivity contribution in [3.63, 3.8) is 0 Å². The standard InChI is InChI=1S/C19H17N3O4/c23-18-9-26-17-7-16(22(24)25)14(6-15(17)21-18)20-8-13-12-5-10-3-1-2-4-11(10)19(12)13/h1-4,6-7,12-13,19-20H,5,8-9H2,(H,21,23). The highest BCUT2D eigenvalue weighted by Crippen LogP contribution is 2.61. The van der Waals surface area contributed by atoms with Gasteiger partial charge in [0.15, 0.2) is 12.4 Å². The first-order valence-electron chi connectivity index (χ1n) is 8.68. The van der Waals surface area contributed by atoms with Crippen molar-refractivity contribution in [2.75, 3.05) is 23.8 Å². The number of rotatable bonds is 4. The third kappa shape index (κ3) is 2.31. The molecule has 1 amide bonds. The Labute approximate surface area is 149 Å². The van der Waals surface area contributed by atoms with Crippen molar-refractivity contribution in [2.45, 2.75) is 12.3 Å². The molecule has 2 aliphatic carbocycles. The van der Waals surface area contributed by atoms with E-state index < -0.39 is 4.92 Å². The van der Waals surface area contributed by atoms with Crippen molar-refractivity contribution >= 4 is 23.0 Å². The smallest absolute Gasteiger partial charge is 0.296 e. The lowest BCUT2D eigenvalue weighted by Gasteiger charge is -2.19. The predicted octanol–water partition coefficient (Wildman–Crippen LogP) is 2.92. The van der Waals surface area contributed by atoms with Gasteiger partial charge in [-0.3, -0.25) is 14.9 Å². The van der Waals surface area contributed by atoms with Gasteiger partial charge >= 0.3 is 0 Å². The van der Waals surface area contributed by atoms with E-state index in [0.717, 1.165) is 6.42 Å². The van der Waals surface area contributed by atoms with E-state index in [4.69, 9.17) is 4.74 Å². The molecule has 0 aromatic heterocycles. The molecule has 0 radical (unpaired) electrons. The van der Waals surface area contributed by atoms with Crippen LogP contribution in [0.15, 0.2) is 36.4 Å². The highest BCUT2D eigenvalue weighted by molar-refractivity contribution is 5.96. The summed E-state index contributed by atoms with van der Waals surface area (Å²) in [6, 6.07) is 11.5. The zero-order chi connectivity index (χ0) is 17.8. The van der Waals surface area contributed by atoms with E-state index in [2.05, 4.69) is 34.9 Å². The molecule has 1 aliphatic heterocycles. The van der Waals surface area contributed by atoms with Crippen molar-refractivity contribution in [1.82, 2.24) is 0 Å². The van der Waals surface area contributed by atoms with Crippen LogP contribution in [0.1, 0.15) is 17.0 Å². The maximum absolute atomic E-state index is 11.5. The van der Waals surface area contributed by atoms with Gasteiger partial charge in [-0.15, -0.1) is 0 Å². The minimum Gasteiger partial charge on any atom is -0.481 e. The lowest BCUT2D eigenvalue weighted by Crippen LogP contribution is -2.25. The number of carbonyl (C=O) groups is 1. The fraction of sp³-hybridized carbons (Fsp3) is 0.316. The number of anilines is 2. The molecule has 5 rings (SSSR count). The number of ether oxygens (including phenoxy) is 1. The molecule has 3 unspecified atom stereocenters. The highest BCUT2D eigenvalue weighted by Gasteiger charge is 2.54. The summed E-state index contributed by atoms with van der Waals surface area (Å²) in [6.07, 6.45) is 1.09. The van der Waals surface area contributed by atoms with E-state index >= 15 is 0 Å². The van der Waals surface area contributed by atoms with Crippen LogP contribution < -0.4 is 15.4 Å². The van der Waals surface area contributed by atoms with Crippen LogP contribution in [0.2, 0.25) is 0 Å². The molecule has 2 aromatic carbocycles. The fourth-order valence-electron chi connectivity index (χ4n) is 4.40. The predicted molar refractivity (Wildman–Crippen MR) is 95.6 cm³/mol. The Morgan fingerprint density at radius 1 is 1.31 bits per heavy atom. The number of nitrogens with one attached hydrogen (secondary N) is 2. The summed E-state index contributed by atoms with van der Waals surface area (Å²) >= 11 is 0. The number of nitro groups is 1. The summed E-state index contributed by atoms with van der Waals surface area (Å²) in [5.41, 5.74) is 3.70. The maximum Gasteiger partial charge on any atom is 0.296 e. The second kappa shape index (κ2) is 5.45. The molecule has 0 spiro atoms. The Morgan fingerprint density at radius 2 is 2.15 bits per heavy atom. The summed E-state index contributed by atoms with van der Waals surface area (Å²) in [5, 5.41) is 17.3. The van der Waals surface area contributed by atoms with E-state index in [1.165, 1.54) is 17.2 Å². The monoisotopic (exact) mass is 351 g/mol. The number of fused-ring (bicyclic) bond motifs is 4. The Hall–Kier alpha value is -3.09. The lowest BCUT2D eigenvalue weighted by molar-refractivity contribution is -0.384. The zero-order valence-corrected chi connectivity index (χ0v) is 13.9. The number of benzene rings is 2. The number of hydrogen-bond acceptors (Lipinski definition) is 5. The molecule has 0 bridgehead atoms. The fourth-order valence-corrected chi connectivity index (χ4v) is 4.40. The molecule has 1 fully saturated rings. The SMILES string of the molecule is O=C1COc2cc([N+](=O)[O-])c(NCC3C4Cc5ccccc5C34)cc2N1. The van der Waals surface area contributed by atoms with Gasteiger partial charge in [0.05, 0.1) is 16.7 Å². The molecule has 7 nitrogen and oxygen atoms in total. The first-order chi connectivity index (χ1) is 12.6. The van der Waals surface area contributed by atoms with Crippen molar-refractivity contribution in [3.8, 4) is 5.75 Å². The van der Waals surface area contributed by atoms with Crippen molar-refractivity contribution < 1.29 is 14.5 Å². The van der Waals surface area contributed by atoms with Crippen LogP contribution in [0, 0.1) is 22.0 Å². The number of amides is 1. The molecule has 2 N–H and O–H groups in total. The lowest BCUT2D eigenvalue weighted by atomic mass is 10.0.